The Kier molecular flexibility index (Phi) is 5.49. The molecule has 1 aromatic rings. The SMILES string of the molecule is CC(CCCCl)CCc1ccsc1. The molecule has 0 N–H and O–H groups in total. The molecule has 1 heterocycles. The first-order valence-corrected chi connectivity index (χ1v) is 6.37. The van der Waals surface area contributed by atoms with E-state index in [2.05, 4.69) is 23.8 Å². The van der Waals surface area contributed by atoms with Gasteiger partial charge in [-0.1, -0.05) is 6.92 Å². The summed E-state index contributed by atoms with van der Waals surface area (Å²) in [7, 11) is 0. The highest BCUT2D eigenvalue weighted by atomic mass is 35.5. The van der Waals surface area contributed by atoms with Crippen LogP contribution >= 0.6 is 22.9 Å². The monoisotopic (exact) mass is 216 g/mol. The topological polar surface area (TPSA) is 0 Å². The molecule has 74 valence electrons. The molecule has 0 amide bonds. The number of thiophene rings is 1. The Morgan fingerprint density at radius 3 is 2.92 bits per heavy atom. The summed E-state index contributed by atoms with van der Waals surface area (Å²) in [6.45, 7) is 2.32. The van der Waals surface area contributed by atoms with Crippen LogP contribution in [0.5, 0.6) is 0 Å². The lowest BCUT2D eigenvalue weighted by atomic mass is 9.98. The van der Waals surface area contributed by atoms with Gasteiger partial charge < -0.3 is 0 Å². The van der Waals surface area contributed by atoms with E-state index in [1.807, 2.05) is 0 Å². The Bertz CT molecular complexity index is 206. The summed E-state index contributed by atoms with van der Waals surface area (Å²) in [5, 5.41) is 4.40. The second kappa shape index (κ2) is 6.44. The minimum atomic E-state index is 0.808. The highest BCUT2D eigenvalue weighted by Crippen LogP contribution is 2.16. The number of alkyl halides is 1. The second-order valence-corrected chi connectivity index (χ2v) is 4.76. The quantitative estimate of drug-likeness (QED) is 0.621. The highest BCUT2D eigenvalue weighted by Gasteiger charge is 2.02. The molecule has 0 radical (unpaired) electrons. The smallest absolute Gasteiger partial charge is 0.0223 e. The predicted molar refractivity (Wildman–Crippen MR) is 61.8 cm³/mol. The van der Waals surface area contributed by atoms with Crippen LogP contribution in [-0.4, -0.2) is 5.88 Å². The molecular weight excluding hydrogens is 200 g/mol. The van der Waals surface area contributed by atoms with Gasteiger partial charge in [0.2, 0.25) is 0 Å². The Morgan fingerprint density at radius 2 is 2.31 bits per heavy atom. The molecule has 0 nitrogen and oxygen atoms in total. The lowest BCUT2D eigenvalue weighted by Crippen LogP contribution is -1.97. The Morgan fingerprint density at radius 1 is 1.46 bits per heavy atom. The van der Waals surface area contributed by atoms with Gasteiger partial charge in [-0.2, -0.15) is 11.3 Å². The number of aryl methyl sites for hydroxylation is 1. The van der Waals surface area contributed by atoms with E-state index in [-0.39, 0.29) is 0 Å². The van der Waals surface area contributed by atoms with Crippen molar-refractivity contribution in [2.24, 2.45) is 5.92 Å². The van der Waals surface area contributed by atoms with E-state index in [1.54, 1.807) is 11.3 Å². The van der Waals surface area contributed by atoms with Crippen LogP contribution in [0, 0.1) is 5.92 Å². The maximum Gasteiger partial charge on any atom is 0.0223 e. The molecule has 0 aliphatic carbocycles. The number of rotatable bonds is 6. The zero-order valence-electron chi connectivity index (χ0n) is 8.13. The third kappa shape index (κ3) is 4.68. The van der Waals surface area contributed by atoms with E-state index in [1.165, 1.54) is 24.8 Å². The maximum absolute atomic E-state index is 5.65. The van der Waals surface area contributed by atoms with Crippen LogP contribution in [0.1, 0.15) is 31.7 Å². The standard InChI is InChI=1S/C11H17ClS/c1-10(3-2-7-12)4-5-11-6-8-13-9-11/h6,8-10H,2-5,7H2,1H3. The van der Waals surface area contributed by atoms with Gasteiger partial charge in [0.05, 0.1) is 0 Å². The fourth-order valence-corrected chi connectivity index (χ4v) is 2.28. The summed E-state index contributed by atoms with van der Waals surface area (Å²) in [5.74, 6) is 1.63. The lowest BCUT2D eigenvalue weighted by Gasteiger charge is -2.08. The summed E-state index contributed by atoms with van der Waals surface area (Å²) in [6, 6.07) is 2.22. The summed E-state index contributed by atoms with van der Waals surface area (Å²) in [4.78, 5) is 0. The first-order valence-electron chi connectivity index (χ1n) is 4.90. The van der Waals surface area contributed by atoms with E-state index in [0.29, 0.717) is 0 Å². The minimum absolute atomic E-state index is 0.808. The van der Waals surface area contributed by atoms with Crippen molar-refractivity contribution in [1.82, 2.24) is 0 Å². The zero-order chi connectivity index (χ0) is 9.52. The second-order valence-electron chi connectivity index (χ2n) is 3.61. The molecular formula is C11H17ClS. The molecule has 1 aromatic heterocycles. The van der Waals surface area contributed by atoms with Crippen LogP contribution in [0.4, 0.5) is 0 Å². The average molecular weight is 217 g/mol. The average Bonchev–Trinajstić information content (AvgIpc) is 2.64. The van der Waals surface area contributed by atoms with Gasteiger partial charge in [-0.25, -0.2) is 0 Å². The maximum atomic E-state index is 5.65. The molecule has 0 saturated heterocycles. The van der Waals surface area contributed by atoms with E-state index >= 15 is 0 Å². The Balaban J connectivity index is 2.11. The largest absolute Gasteiger partial charge is 0.152 e. The van der Waals surface area contributed by atoms with Gasteiger partial charge in [-0.3, -0.25) is 0 Å². The number of hydrogen-bond donors (Lipinski definition) is 0. The Labute approximate surface area is 89.9 Å². The minimum Gasteiger partial charge on any atom is -0.152 e. The third-order valence-corrected chi connectivity index (χ3v) is 3.34. The molecule has 1 unspecified atom stereocenters. The lowest BCUT2D eigenvalue weighted by molar-refractivity contribution is 0.488. The van der Waals surface area contributed by atoms with Crippen LogP contribution in [0.15, 0.2) is 16.8 Å². The summed E-state index contributed by atoms with van der Waals surface area (Å²) in [5.41, 5.74) is 1.49. The third-order valence-electron chi connectivity index (χ3n) is 2.34. The molecule has 0 aromatic carbocycles. The molecule has 0 bridgehead atoms. The molecule has 0 saturated carbocycles. The molecule has 1 rings (SSSR count). The van der Waals surface area contributed by atoms with Crippen LogP contribution < -0.4 is 0 Å². The van der Waals surface area contributed by atoms with Crippen molar-refractivity contribution in [3.05, 3.63) is 22.4 Å². The zero-order valence-corrected chi connectivity index (χ0v) is 9.70. The van der Waals surface area contributed by atoms with E-state index in [4.69, 9.17) is 11.6 Å². The van der Waals surface area contributed by atoms with Crippen molar-refractivity contribution in [3.63, 3.8) is 0 Å². The van der Waals surface area contributed by atoms with Gasteiger partial charge >= 0.3 is 0 Å². The van der Waals surface area contributed by atoms with Gasteiger partial charge in [0.15, 0.2) is 0 Å². The fraction of sp³-hybridized carbons (Fsp3) is 0.636. The van der Waals surface area contributed by atoms with E-state index in [9.17, 15) is 0 Å². The molecule has 0 aliphatic heterocycles. The van der Waals surface area contributed by atoms with Crippen LogP contribution in [0.3, 0.4) is 0 Å². The van der Waals surface area contributed by atoms with Crippen molar-refractivity contribution in [3.8, 4) is 0 Å². The van der Waals surface area contributed by atoms with Gasteiger partial charge in [0.25, 0.3) is 0 Å². The van der Waals surface area contributed by atoms with Gasteiger partial charge in [-0.15, -0.1) is 11.6 Å². The highest BCUT2D eigenvalue weighted by molar-refractivity contribution is 7.07. The predicted octanol–water partition coefficient (Wildman–Crippen LogP) is 4.34. The van der Waals surface area contributed by atoms with Crippen molar-refractivity contribution in [2.75, 3.05) is 5.88 Å². The van der Waals surface area contributed by atoms with Gasteiger partial charge in [0.1, 0.15) is 0 Å². The molecule has 2 heteroatoms. The van der Waals surface area contributed by atoms with Crippen molar-refractivity contribution in [1.29, 1.82) is 0 Å². The van der Waals surface area contributed by atoms with E-state index in [0.717, 1.165) is 18.2 Å². The van der Waals surface area contributed by atoms with E-state index < -0.39 is 0 Å². The number of hydrogen-bond acceptors (Lipinski definition) is 1. The number of halogens is 1. The van der Waals surface area contributed by atoms with Crippen molar-refractivity contribution >= 4 is 22.9 Å². The van der Waals surface area contributed by atoms with Crippen LogP contribution in [0.25, 0.3) is 0 Å². The van der Waals surface area contributed by atoms with Crippen LogP contribution in [0.2, 0.25) is 0 Å². The first kappa shape index (κ1) is 11.1. The Hall–Kier alpha value is -0.0100. The molecule has 0 spiro atoms. The summed E-state index contributed by atoms with van der Waals surface area (Å²) >= 11 is 7.43. The first-order chi connectivity index (χ1) is 6.33. The van der Waals surface area contributed by atoms with Crippen molar-refractivity contribution < 1.29 is 0 Å². The van der Waals surface area contributed by atoms with Gasteiger partial charge in [-0.05, 0) is 54.0 Å². The molecule has 0 fully saturated rings. The fourth-order valence-electron chi connectivity index (χ4n) is 1.42. The molecule has 13 heavy (non-hydrogen) atoms. The summed E-state index contributed by atoms with van der Waals surface area (Å²) < 4.78 is 0. The van der Waals surface area contributed by atoms with Crippen molar-refractivity contribution in [2.45, 2.75) is 32.6 Å². The van der Waals surface area contributed by atoms with Crippen LogP contribution in [-0.2, 0) is 6.42 Å². The van der Waals surface area contributed by atoms with Gasteiger partial charge in [0, 0.05) is 5.88 Å². The normalized spacial score (nSPS) is 13.1. The molecule has 1 atom stereocenters. The molecule has 0 aliphatic rings. The summed E-state index contributed by atoms with van der Waals surface area (Å²) in [6.07, 6.45) is 4.96.